The highest BCUT2D eigenvalue weighted by Crippen LogP contribution is 2.33. The van der Waals surface area contributed by atoms with Crippen LogP contribution in [0.5, 0.6) is 11.5 Å². The Morgan fingerprint density at radius 2 is 1.85 bits per heavy atom. The van der Waals surface area contributed by atoms with Crippen molar-refractivity contribution in [2.75, 3.05) is 25.1 Å². The van der Waals surface area contributed by atoms with E-state index in [2.05, 4.69) is 5.32 Å². The zero-order valence-corrected chi connectivity index (χ0v) is 15.3. The van der Waals surface area contributed by atoms with E-state index in [1.165, 1.54) is 6.07 Å². The normalized spacial score (nSPS) is 12.4. The Kier molecular flexibility index (Phi) is 5.54. The third-order valence-corrected chi connectivity index (χ3v) is 4.46. The topological polar surface area (TPSA) is 73.9 Å². The lowest BCUT2D eigenvalue weighted by atomic mass is 10.2. The summed E-state index contributed by atoms with van der Waals surface area (Å²) in [6.07, 6.45) is 0. The number of carbonyl (C=O) groups excluding carboxylic acids is 2. The van der Waals surface area contributed by atoms with Gasteiger partial charge in [-0.2, -0.15) is 0 Å². The van der Waals surface area contributed by atoms with Gasteiger partial charge in [0.25, 0.3) is 5.91 Å². The first kappa shape index (κ1) is 18.4. The van der Waals surface area contributed by atoms with E-state index in [1.54, 1.807) is 31.2 Å². The molecule has 26 heavy (non-hydrogen) atoms. The SMILES string of the molecule is Cc1ccc(Cl)c(NC(=O)COC(=O)c2ccc3c(c2)OCCO3)c1Cl. The maximum atomic E-state index is 12.1. The summed E-state index contributed by atoms with van der Waals surface area (Å²) in [6.45, 7) is 2.18. The van der Waals surface area contributed by atoms with Gasteiger partial charge in [-0.25, -0.2) is 4.79 Å². The fourth-order valence-corrected chi connectivity index (χ4v) is 2.80. The van der Waals surface area contributed by atoms with Gasteiger partial charge in [0.2, 0.25) is 0 Å². The Bertz CT molecular complexity index is 869. The van der Waals surface area contributed by atoms with Gasteiger partial charge in [-0.1, -0.05) is 29.3 Å². The molecule has 2 aromatic rings. The van der Waals surface area contributed by atoms with Gasteiger partial charge in [0.1, 0.15) is 13.2 Å². The number of carbonyl (C=O) groups is 2. The average Bonchev–Trinajstić information content (AvgIpc) is 2.66. The predicted octanol–water partition coefficient (Wildman–Crippen LogP) is 3.87. The number of aryl methyl sites for hydroxylation is 1. The number of rotatable bonds is 4. The molecule has 0 aromatic heterocycles. The van der Waals surface area contributed by atoms with Gasteiger partial charge in [-0.05, 0) is 36.8 Å². The summed E-state index contributed by atoms with van der Waals surface area (Å²) >= 11 is 12.2. The van der Waals surface area contributed by atoms with Crippen molar-refractivity contribution in [2.24, 2.45) is 0 Å². The smallest absolute Gasteiger partial charge is 0.338 e. The molecule has 136 valence electrons. The van der Waals surface area contributed by atoms with Gasteiger partial charge in [0.15, 0.2) is 18.1 Å². The zero-order valence-electron chi connectivity index (χ0n) is 13.8. The first-order chi connectivity index (χ1) is 12.5. The van der Waals surface area contributed by atoms with Crippen molar-refractivity contribution in [3.8, 4) is 11.5 Å². The molecule has 0 saturated heterocycles. The Morgan fingerprint density at radius 1 is 1.12 bits per heavy atom. The zero-order chi connectivity index (χ0) is 18.7. The standard InChI is InChI=1S/C18H15Cl2NO5/c1-10-2-4-12(19)17(16(10)20)21-15(22)9-26-18(23)11-3-5-13-14(8-11)25-7-6-24-13/h2-5,8H,6-7,9H2,1H3,(H,21,22). The summed E-state index contributed by atoms with van der Waals surface area (Å²) in [7, 11) is 0. The van der Waals surface area contributed by atoms with Crippen molar-refractivity contribution >= 4 is 40.8 Å². The molecule has 1 amide bonds. The van der Waals surface area contributed by atoms with E-state index in [0.29, 0.717) is 34.8 Å². The van der Waals surface area contributed by atoms with Crippen molar-refractivity contribution < 1.29 is 23.8 Å². The highest BCUT2D eigenvalue weighted by Gasteiger charge is 2.17. The van der Waals surface area contributed by atoms with Crippen molar-refractivity contribution in [3.63, 3.8) is 0 Å². The van der Waals surface area contributed by atoms with E-state index < -0.39 is 18.5 Å². The predicted molar refractivity (Wildman–Crippen MR) is 97.5 cm³/mol. The molecule has 2 aromatic carbocycles. The molecule has 0 radical (unpaired) electrons. The van der Waals surface area contributed by atoms with Gasteiger partial charge < -0.3 is 19.5 Å². The van der Waals surface area contributed by atoms with Gasteiger partial charge in [-0.15, -0.1) is 0 Å². The van der Waals surface area contributed by atoms with Crippen molar-refractivity contribution in [3.05, 3.63) is 51.5 Å². The first-order valence-electron chi connectivity index (χ1n) is 7.77. The number of benzene rings is 2. The molecule has 8 heteroatoms. The summed E-state index contributed by atoms with van der Waals surface area (Å²) in [5.74, 6) is -0.174. The Balaban J connectivity index is 1.61. The van der Waals surface area contributed by atoms with Crippen molar-refractivity contribution in [1.82, 2.24) is 0 Å². The van der Waals surface area contributed by atoms with Gasteiger partial charge in [-0.3, -0.25) is 4.79 Å². The molecule has 0 bridgehead atoms. The van der Waals surface area contributed by atoms with Crippen molar-refractivity contribution in [2.45, 2.75) is 6.92 Å². The fourth-order valence-electron chi connectivity index (χ4n) is 2.33. The molecule has 3 rings (SSSR count). The lowest BCUT2D eigenvalue weighted by Crippen LogP contribution is -2.21. The van der Waals surface area contributed by atoms with Gasteiger partial charge in [0.05, 0.1) is 21.3 Å². The van der Waals surface area contributed by atoms with Crippen LogP contribution in [0.3, 0.4) is 0 Å². The van der Waals surface area contributed by atoms with Crippen LogP contribution in [0.25, 0.3) is 0 Å². The fraction of sp³-hybridized carbons (Fsp3) is 0.222. The lowest BCUT2D eigenvalue weighted by Gasteiger charge is -2.18. The molecule has 0 aliphatic carbocycles. The molecule has 1 heterocycles. The van der Waals surface area contributed by atoms with Gasteiger partial charge >= 0.3 is 5.97 Å². The number of fused-ring (bicyclic) bond motifs is 1. The van der Waals surface area contributed by atoms with Crippen LogP contribution in [-0.2, 0) is 9.53 Å². The number of ether oxygens (including phenoxy) is 3. The number of hydrogen-bond acceptors (Lipinski definition) is 5. The van der Waals surface area contributed by atoms with Crippen LogP contribution in [0, 0.1) is 6.92 Å². The van der Waals surface area contributed by atoms with E-state index >= 15 is 0 Å². The Labute approximate surface area is 159 Å². The first-order valence-corrected chi connectivity index (χ1v) is 8.52. The van der Waals surface area contributed by atoms with Crippen LogP contribution < -0.4 is 14.8 Å². The molecule has 0 fully saturated rings. The molecule has 0 atom stereocenters. The molecule has 1 aliphatic heterocycles. The maximum Gasteiger partial charge on any atom is 0.338 e. The van der Waals surface area contributed by atoms with Crippen LogP contribution in [0.2, 0.25) is 10.0 Å². The minimum atomic E-state index is -0.654. The molecule has 1 N–H and O–H groups in total. The molecule has 1 aliphatic rings. The third-order valence-electron chi connectivity index (χ3n) is 3.66. The summed E-state index contributed by atoms with van der Waals surface area (Å²) in [5, 5.41) is 3.19. The third kappa shape index (κ3) is 4.03. The van der Waals surface area contributed by atoms with Crippen LogP contribution in [0.4, 0.5) is 5.69 Å². The number of amides is 1. The summed E-state index contributed by atoms with van der Waals surface area (Å²) in [6, 6.07) is 8.05. The largest absolute Gasteiger partial charge is 0.486 e. The molecule has 0 saturated carbocycles. The maximum absolute atomic E-state index is 12.1. The Hall–Kier alpha value is -2.44. The molecule has 6 nitrogen and oxygen atoms in total. The lowest BCUT2D eigenvalue weighted by molar-refractivity contribution is -0.119. The van der Waals surface area contributed by atoms with Crippen LogP contribution in [0.1, 0.15) is 15.9 Å². The summed E-state index contributed by atoms with van der Waals surface area (Å²) < 4.78 is 15.8. The van der Waals surface area contributed by atoms with Crippen LogP contribution in [-0.4, -0.2) is 31.7 Å². The highest BCUT2D eigenvalue weighted by atomic mass is 35.5. The Morgan fingerprint density at radius 3 is 2.62 bits per heavy atom. The van der Waals surface area contributed by atoms with E-state index in [4.69, 9.17) is 37.4 Å². The van der Waals surface area contributed by atoms with Gasteiger partial charge in [0, 0.05) is 0 Å². The number of esters is 1. The monoisotopic (exact) mass is 395 g/mol. The molecular formula is C18H15Cl2NO5. The minimum Gasteiger partial charge on any atom is -0.486 e. The molecular weight excluding hydrogens is 381 g/mol. The number of anilines is 1. The van der Waals surface area contributed by atoms with Crippen molar-refractivity contribution in [1.29, 1.82) is 0 Å². The number of nitrogens with one attached hydrogen (secondary N) is 1. The number of halogens is 2. The van der Waals surface area contributed by atoms with E-state index in [0.717, 1.165) is 5.56 Å². The summed E-state index contributed by atoms with van der Waals surface area (Å²) in [4.78, 5) is 24.2. The average molecular weight is 396 g/mol. The highest BCUT2D eigenvalue weighted by molar-refractivity contribution is 6.40. The number of hydrogen-bond donors (Lipinski definition) is 1. The van der Waals surface area contributed by atoms with E-state index in [-0.39, 0.29) is 11.3 Å². The van der Waals surface area contributed by atoms with Crippen LogP contribution in [0.15, 0.2) is 30.3 Å². The second-order valence-corrected chi connectivity index (χ2v) is 6.32. The van der Waals surface area contributed by atoms with E-state index in [1.807, 2.05) is 0 Å². The van der Waals surface area contributed by atoms with E-state index in [9.17, 15) is 9.59 Å². The molecule has 0 spiro atoms. The minimum absolute atomic E-state index is 0.258. The quantitative estimate of drug-likeness (QED) is 0.795. The summed E-state index contributed by atoms with van der Waals surface area (Å²) in [5.41, 5.74) is 1.31. The second-order valence-electron chi connectivity index (χ2n) is 5.54. The van der Waals surface area contributed by atoms with Crippen LogP contribution >= 0.6 is 23.2 Å². The molecule has 0 unspecified atom stereocenters. The second kappa shape index (κ2) is 7.85.